The van der Waals surface area contributed by atoms with E-state index in [4.69, 9.17) is 56.8 Å². The number of ketones is 1. The zero-order valence-electron chi connectivity index (χ0n) is 34.5. The topological polar surface area (TPSA) is 229 Å². The van der Waals surface area contributed by atoms with Gasteiger partial charge >= 0.3 is 5.97 Å². The van der Waals surface area contributed by atoms with E-state index in [0.717, 1.165) is 17.1 Å². The summed E-state index contributed by atoms with van der Waals surface area (Å²) in [7, 11) is 0. The van der Waals surface area contributed by atoms with Gasteiger partial charge < -0.3 is 61.7 Å². The van der Waals surface area contributed by atoms with Crippen molar-refractivity contribution in [2.45, 2.75) is 25.7 Å². The molecule has 0 saturated heterocycles. The van der Waals surface area contributed by atoms with Gasteiger partial charge in [-0.25, -0.2) is 4.79 Å². The summed E-state index contributed by atoms with van der Waals surface area (Å²) in [5.41, 5.74) is 0. The van der Waals surface area contributed by atoms with E-state index < -0.39 is 17.8 Å². The number of Topliss-reactive ketones (excluding diaryl/α,β-unsaturated/α-hetero) is 1. The van der Waals surface area contributed by atoms with Gasteiger partial charge in [0.1, 0.15) is 5.78 Å². The van der Waals surface area contributed by atoms with E-state index in [2.05, 4.69) is 4.84 Å². The summed E-state index contributed by atoms with van der Waals surface area (Å²) in [6.45, 7) is 9.94. The van der Waals surface area contributed by atoms with Crippen molar-refractivity contribution < 1.29 is 90.4 Å². The van der Waals surface area contributed by atoms with Crippen LogP contribution in [0.1, 0.15) is 25.7 Å². The minimum atomic E-state index is -0.747. The summed E-state index contributed by atoms with van der Waals surface area (Å²) in [5, 5.41) is 0.402. The third-order valence-corrected chi connectivity index (χ3v) is 7.76. The van der Waals surface area contributed by atoms with Gasteiger partial charge in [0.15, 0.2) is 0 Å². The van der Waals surface area contributed by atoms with E-state index in [-0.39, 0.29) is 50.2 Å². The van der Waals surface area contributed by atoms with Crippen molar-refractivity contribution in [1.29, 1.82) is 0 Å². The van der Waals surface area contributed by atoms with Crippen LogP contribution in [0.25, 0.3) is 0 Å². The molecule has 60 heavy (non-hydrogen) atoms. The lowest BCUT2D eigenvalue weighted by Gasteiger charge is -2.12. The molecule has 0 atom stereocenters. The Morgan fingerprint density at radius 3 is 0.967 bits per heavy atom. The van der Waals surface area contributed by atoms with Crippen LogP contribution in [0.2, 0.25) is 0 Å². The van der Waals surface area contributed by atoms with Gasteiger partial charge in [-0.3, -0.25) is 28.9 Å². The second-order valence-corrected chi connectivity index (χ2v) is 12.4. The fourth-order valence-corrected chi connectivity index (χ4v) is 4.69. The molecule has 2 heterocycles. The van der Waals surface area contributed by atoms with E-state index in [1.807, 2.05) is 0 Å². The van der Waals surface area contributed by atoms with Crippen molar-refractivity contribution >= 4 is 35.4 Å². The SMILES string of the molecule is O=C(CCCOCCOCCOCCOCCOCCOCCOCCOCCOCCOCCOCCOCCC(=O)ON1C(=O)C=CC1=O)CCN1C(=O)C=CC1=O. The molecule has 0 unspecified atom stereocenters. The Balaban J connectivity index is 1.14. The lowest BCUT2D eigenvalue weighted by atomic mass is 10.1. The smallest absolute Gasteiger partial charge is 0.335 e. The Kier molecular flexibility index (Phi) is 32.6. The summed E-state index contributed by atoms with van der Waals surface area (Å²) in [6, 6.07) is 0. The number of ether oxygens (including phenoxy) is 12. The molecule has 21 nitrogen and oxygen atoms in total. The predicted octanol–water partition coefficient (Wildman–Crippen LogP) is -0.377. The summed E-state index contributed by atoms with van der Waals surface area (Å²) < 4.78 is 65.2. The Morgan fingerprint density at radius 1 is 0.350 bits per heavy atom. The molecular formula is C39H62N2O19. The summed E-state index contributed by atoms with van der Waals surface area (Å²) in [5.74, 6) is -2.91. The summed E-state index contributed by atoms with van der Waals surface area (Å²) in [4.78, 5) is 74.9. The summed E-state index contributed by atoms with van der Waals surface area (Å²) >= 11 is 0. The van der Waals surface area contributed by atoms with Crippen LogP contribution < -0.4 is 0 Å². The molecule has 0 aromatic carbocycles. The van der Waals surface area contributed by atoms with Crippen molar-refractivity contribution in [3.05, 3.63) is 24.3 Å². The standard InChI is InChI=1S/C39H62N2O19/c42-34(7-9-40-35(43)3-4-36(40)44)2-1-10-48-12-14-50-16-18-52-20-22-54-24-26-56-28-30-58-32-33-59-31-29-57-27-25-55-23-21-53-19-17-51-15-13-49-11-8-39(47)60-41-37(45)5-6-38(41)46/h3-6H,1-2,7-33H2. The average Bonchev–Trinajstić information content (AvgIpc) is 3.74. The number of hydroxylamine groups is 2. The van der Waals surface area contributed by atoms with Crippen LogP contribution in [0.4, 0.5) is 0 Å². The minimum absolute atomic E-state index is 0.0126. The Morgan fingerprint density at radius 2 is 0.633 bits per heavy atom. The highest BCUT2D eigenvalue weighted by atomic mass is 16.7. The maximum absolute atomic E-state index is 11.9. The van der Waals surface area contributed by atoms with Crippen molar-refractivity contribution in [3.8, 4) is 0 Å². The first-order valence-corrected chi connectivity index (χ1v) is 20.1. The Labute approximate surface area is 350 Å². The van der Waals surface area contributed by atoms with Gasteiger partial charge in [0, 0.05) is 50.3 Å². The minimum Gasteiger partial charge on any atom is -0.379 e. The number of imide groups is 2. The van der Waals surface area contributed by atoms with Gasteiger partial charge in [-0.15, -0.1) is 0 Å². The molecular weight excluding hydrogens is 800 g/mol. The molecule has 21 heteroatoms. The second kappa shape index (κ2) is 37.2. The average molecular weight is 863 g/mol. The number of amides is 4. The first-order valence-electron chi connectivity index (χ1n) is 20.1. The van der Waals surface area contributed by atoms with Gasteiger partial charge in [-0.1, -0.05) is 5.06 Å². The fraction of sp³-hybridized carbons (Fsp3) is 0.744. The largest absolute Gasteiger partial charge is 0.379 e. The van der Waals surface area contributed by atoms with Crippen LogP contribution in [0, 0.1) is 0 Å². The van der Waals surface area contributed by atoms with Gasteiger partial charge in [0.2, 0.25) is 0 Å². The molecule has 0 N–H and O–H groups in total. The van der Waals surface area contributed by atoms with E-state index >= 15 is 0 Å². The highest BCUT2D eigenvalue weighted by Crippen LogP contribution is 2.07. The van der Waals surface area contributed by atoms with E-state index in [1.165, 1.54) is 12.2 Å². The van der Waals surface area contributed by atoms with Crippen LogP contribution >= 0.6 is 0 Å². The summed E-state index contributed by atoms with van der Waals surface area (Å²) in [6.07, 6.45) is 5.41. The zero-order chi connectivity index (χ0) is 43.1. The van der Waals surface area contributed by atoms with Crippen LogP contribution in [0.3, 0.4) is 0 Å². The monoisotopic (exact) mass is 862 g/mol. The fourth-order valence-electron chi connectivity index (χ4n) is 4.69. The van der Waals surface area contributed by atoms with Crippen LogP contribution in [-0.2, 0) is 90.4 Å². The third-order valence-electron chi connectivity index (χ3n) is 7.76. The van der Waals surface area contributed by atoms with Crippen molar-refractivity contribution in [2.24, 2.45) is 0 Å². The van der Waals surface area contributed by atoms with E-state index in [9.17, 15) is 28.8 Å². The number of carbonyl (C=O) groups excluding carboxylic acids is 6. The van der Waals surface area contributed by atoms with Crippen molar-refractivity contribution in [3.63, 3.8) is 0 Å². The quantitative estimate of drug-likeness (QED) is 0.0562. The lowest BCUT2D eigenvalue weighted by molar-refractivity contribution is -0.196. The molecule has 0 bridgehead atoms. The second-order valence-electron chi connectivity index (χ2n) is 12.4. The highest BCUT2D eigenvalue weighted by molar-refractivity contribution is 6.13. The number of hydrogen-bond donors (Lipinski definition) is 0. The molecule has 342 valence electrons. The van der Waals surface area contributed by atoms with Gasteiger partial charge in [0.25, 0.3) is 23.6 Å². The maximum Gasteiger partial charge on any atom is 0.335 e. The Hall–Kier alpha value is -3.58. The van der Waals surface area contributed by atoms with Gasteiger partial charge in [-0.2, -0.15) is 0 Å². The van der Waals surface area contributed by atoms with Crippen molar-refractivity contribution in [2.75, 3.05) is 165 Å². The van der Waals surface area contributed by atoms with Crippen LogP contribution in [0.5, 0.6) is 0 Å². The van der Waals surface area contributed by atoms with Crippen molar-refractivity contribution in [1.82, 2.24) is 9.96 Å². The molecule has 0 aromatic rings. The number of rotatable bonds is 44. The van der Waals surface area contributed by atoms with Crippen LogP contribution in [-0.4, -0.2) is 210 Å². The first-order chi connectivity index (χ1) is 29.4. The first kappa shape index (κ1) is 52.6. The normalized spacial score (nSPS) is 13.8. The molecule has 0 aliphatic carbocycles. The molecule has 0 radical (unpaired) electrons. The molecule has 0 aromatic heterocycles. The third kappa shape index (κ3) is 28.8. The molecule has 0 saturated carbocycles. The van der Waals surface area contributed by atoms with E-state index in [0.29, 0.717) is 163 Å². The van der Waals surface area contributed by atoms with Crippen LogP contribution in [0.15, 0.2) is 24.3 Å². The predicted molar refractivity (Wildman–Crippen MR) is 206 cm³/mol. The highest BCUT2D eigenvalue weighted by Gasteiger charge is 2.27. The zero-order valence-corrected chi connectivity index (χ0v) is 34.5. The Bertz CT molecular complexity index is 1230. The molecule has 2 aliphatic heterocycles. The lowest BCUT2D eigenvalue weighted by Crippen LogP contribution is -2.33. The molecule has 0 fully saturated rings. The molecule has 2 aliphatic rings. The molecule has 4 amide bonds. The van der Waals surface area contributed by atoms with Gasteiger partial charge in [0.05, 0.1) is 158 Å². The number of carbonyl (C=O) groups is 6. The van der Waals surface area contributed by atoms with Gasteiger partial charge in [-0.05, 0) is 6.42 Å². The number of hydrogen-bond acceptors (Lipinski definition) is 19. The molecule has 2 rings (SSSR count). The maximum atomic E-state index is 11.9. The van der Waals surface area contributed by atoms with E-state index in [1.54, 1.807) is 0 Å². The number of nitrogens with zero attached hydrogens (tertiary/aromatic N) is 2. The molecule has 0 spiro atoms.